The van der Waals surface area contributed by atoms with E-state index in [4.69, 9.17) is 14.7 Å². The lowest BCUT2D eigenvalue weighted by Crippen LogP contribution is -2.28. The first-order valence-corrected chi connectivity index (χ1v) is 9.35. The fourth-order valence-corrected chi connectivity index (χ4v) is 2.66. The van der Waals surface area contributed by atoms with Gasteiger partial charge in [0.1, 0.15) is 23.8 Å². The maximum absolute atomic E-state index is 12.7. The minimum absolute atomic E-state index is 0.0547. The topological polar surface area (TPSA) is 106 Å². The molecule has 8 heteroatoms. The number of nitrogens with zero attached hydrogens (tertiary/aromatic N) is 3. The number of ether oxygens (including phenoxy) is 2. The van der Waals surface area contributed by atoms with Crippen molar-refractivity contribution in [3.05, 3.63) is 82.3 Å². The Hall–Kier alpha value is -4.12. The molecule has 0 saturated carbocycles. The van der Waals surface area contributed by atoms with E-state index < -0.39 is 5.91 Å². The summed E-state index contributed by atoms with van der Waals surface area (Å²) in [6.07, 6.45) is 0. The predicted octanol–water partition coefficient (Wildman–Crippen LogP) is 2.84. The van der Waals surface area contributed by atoms with Gasteiger partial charge in [0, 0.05) is 6.07 Å². The van der Waals surface area contributed by atoms with E-state index in [0.29, 0.717) is 29.4 Å². The molecule has 1 heterocycles. The highest BCUT2D eigenvalue weighted by Gasteiger charge is 2.14. The number of nitriles is 1. The van der Waals surface area contributed by atoms with Crippen LogP contribution in [0.15, 0.2) is 65.5 Å². The summed E-state index contributed by atoms with van der Waals surface area (Å²) in [5.74, 6) is 0.596. The summed E-state index contributed by atoms with van der Waals surface area (Å²) in [6.45, 7) is 2.63. The van der Waals surface area contributed by atoms with Crippen molar-refractivity contribution in [3.8, 4) is 17.6 Å². The number of rotatable bonds is 8. The molecule has 3 rings (SSSR count). The van der Waals surface area contributed by atoms with Crippen LogP contribution in [0.5, 0.6) is 11.5 Å². The van der Waals surface area contributed by atoms with Gasteiger partial charge in [-0.15, -0.1) is 0 Å². The first-order valence-electron chi connectivity index (χ1n) is 9.35. The number of aromatic nitrogens is 2. The number of hydrogen-bond donors (Lipinski definition) is 1. The summed E-state index contributed by atoms with van der Waals surface area (Å²) in [5, 5.41) is 15.9. The number of amides is 1. The van der Waals surface area contributed by atoms with Crippen LogP contribution in [0.2, 0.25) is 0 Å². The lowest BCUT2D eigenvalue weighted by molar-refractivity contribution is 0.101. The lowest BCUT2D eigenvalue weighted by Gasteiger charge is -2.12. The molecule has 0 aliphatic carbocycles. The Labute approximate surface area is 173 Å². The molecule has 0 spiro atoms. The maximum atomic E-state index is 12.7. The maximum Gasteiger partial charge on any atom is 0.276 e. The second-order valence-corrected chi connectivity index (χ2v) is 6.15. The van der Waals surface area contributed by atoms with Gasteiger partial charge in [0.15, 0.2) is 0 Å². The molecule has 0 bridgehead atoms. The van der Waals surface area contributed by atoms with Crippen LogP contribution in [-0.4, -0.2) is 28.9 Å². The number of benzene rings is 2. The van der Waals surface area contributed by atoms with Gasteiger partial charge in [-0.05, 0) is 43.3 Å². The van der Waals surface area contributed by atoms with Crippen molar-refractivity contribution in [2.75, 3.05) is 18.5 Å². The van der Waals surface area contributed by atoms with Gasteiger partial charge in [-0.2, -0.15) is 10.4 Å². The fraction of sp³-hybridized carbons (Fsp3) is 0.182. The molecule has 1 aromatic heterocycles. The molecule has 1 amide bonds. The second-order valence-electron chi connectivity index (χ2n) is 6.15. The van der Waals surface area contributed by atoms with E-state index >= 15 is 0 Å². The highest BCUT2D eigenvalue weighted by Crippen LogP contribution is 2.26. The van der Waals surface area contributed by atoms with Crippen LogP contribution in [0, 0.1) is 11.3 Å². The van der Waals surface area contributed by atoms with Gasteiger partial charge >= 0.3 is 0 Å². The summed E-state index contributed by atoms with van der Waals surface area (Å²) in [6, 6.07) is 18.6. The van der Waals surface area contributed by atoms with Crippen molar-refractivity contribution < 1.29 is 14.3 Å². The predicted molar refractivity (Wildman–Crippen MR) is 111 cm³/mol. The SMILES string of the molecule is CCOc1ccc(C#N)cc1NC(=O)c1ccc(=O)n(CCOc2ccccc2)n1. The first kappa shape index (κ1) is 20.6. The number of hydrogen-bond acceptors (Lipinski definition) is 6. The highest BCUT2D eigenvalue weighted by atomic mass is 16.5. The Balaban J connectivity index is 1.73. The Morgan fingerprint density at radius 3 is 2.67 bits per heavy atom. The molecule has 152 valence electrons. The summed E-state index contributed by atoms with van der Waals surface area (Å²) < 4.78 is 12.3. The zero-order chi connectivity index (χ0) is 21.3. The highest BCUT2D eigenvalue weighted by molar-refractivity contribution is 6.03. The summed E-state index contributed by atoms with van der Waals surface area (Å²) >= 11 is 0. The van der Waals surface area contributed by atoms with E-state index in [9.17, 15) is 9.59 Å². The average Bonchev–Trinajstić information content (AvgIpc) is 2.77. The van der Waals surface area contributed by atoms with Gasteiger partial charge in [-0.25, -0.2) is 4.68 Å². The van der Waals surface area contributed by atoms with Crippen LogP contribution < -0.4 is 20.3 Å². The summed E-state index contributed by atoms with van der Waals surface area (Å²) in [7, 11) is 0. The van der Waals surface area contributed by atoms with Crippen LogP contribution in [0.25, 0.3) is 0 Å². The number of carbonyl (C=O) groups excluding carboxylic acids is 1. The molecule has 8 nitrogen and oxygen atoms in total. The van der Waals surface area contributed by atoms with Crippen LogP contribution in [0.4, 0.5) is 5.69 Å². The number of carbonyl (C=O) groups is 1. The molecule has 1 N–H and O–H groups in total. The second kappa shape index (κ2) is 9.89. The largest absolute Gasteiger partial charge is 0.492 e. The molecule has 0 saturated heterocycles. The Morgan fingerprint density at radius 1 is 1.13 bits per heavy atom. The van der Waals surface area contributed by atoms with E-state index in [1.165, 1.54) is 22.9 Å². The Kier molecular flexibility index (Phi) is 6.79. The summed E-state index contributed by atoms with van der Waals surface area (Å²) in [4.78, 5) is 24.7. The number of nitrogens with one attached hydrogen (secondary N) is 1. The smallest absolute Gasteiger partial charge is 0.276 e. The number of para-hydroxylation sites is 1. The van der Waals surface area contributed by atoms with Gasteiger partial charge in [0.25, 0.3) is 11.5 Å². The Bertz CT molecular complexity index is 1120. The normalized spacial score (nSPS) is 10.1. The van der Waals surface area contributed by atoms with Gasteiger partial charge in [-0.1, -0.05) is 18.2 Å². The minimum Gasteiger partial charge on any atom is -0.492 e. The fourth-order valence-electron chi connectivity index (χ4n) is 2.66. The molecule has 2 aromatic carbocycles. The third-order valence-electron chi connectivity index (χ3n) is 4.07. The molecule has 3 aromatic rings. The zero-order valence-corrected chi connectivity index (χ0v) is 16.4. The quantitative estimate of drug-likeness (QED) is 0.619. The van der Waals surface area contributed by atoms with Crippen LogP contribution in [0.1, 0.15) is 23.0 Å². The van der Waals surface area contributed by atoms with Crippen LogP contribution in [-0.2, 0) is 6.54 Å². The van der Waals surface area contributed by atoms with Crippen LogP contribution in [0.3, 0.4) is 0 Å². The van der Waals surface area contributed by atoms with Crippen molar-refractivity contribution in [1.82, 2.24) is 9.78 Å². The molecule has 0 unspecified atom stereocenters. The molecule has 0 aliphatic heterocycles. The van der Waals surface area contributed by atoms with Gasteiger partial charge < -0.3 is 14.8 Å². The third-order valence-corrected chi connectivity index (χ3v) is 4.07. The van der Waals surface area contributed by atoms with Crippen molar-refractivity contribution in [2.45, 2.75) is 13.5 Å². The molecule has 0 fully saturated rings. The lowest BCUT2D eigenvalue weighted by atomic mass is 10.2. The first-order chi connectivity index (χ1) is 14.6. The van der Waals surface area contributed by atoms with Crippen molar-refractivity contribution in [1.29, 1.82) is 5.26 Å². The molecule has 30 heavy (non-hydrogen) atoms. The minimum atomic E-state index is -0.524. The number of anilines is 1. The standard InChI is InChI=1S/C22H20N4O4/c1-2-29-20-10-8-16(15-23)14-19(20)24-22(28)18-9-11-21(27)26(25-18)12-13-30-17-6-4-3-5-7-17/h3-11,14H,2,12-13H2,1H3,(H,24,28). The molecular formula is C22H20N4O4. The van der Waals surface area contributed by atoms with E-state index in [2.05, 4.69) is 10.4 Å². The van der Waals surface area contributed by atoms with Gasteiger partial charge in [-0.3, -0.25) is 9.59 Å². The Morgan fingerprint density at radius 2 is 1.93 bits per heavy atom. The van der Waals surface area contributed by atoms with E-state index in [0.717, 1.165) is 0 Å². The average molecular weight is 404 g/mol. The molecular weight excluding hydrogens is 384 g/mol. The molecule has 0 atom stereocenters. The molecule has 0 aliphatic rings. The van der Waals surface area contributed by atoms with E-state index in [1.807, 2.05) is 43.3 Å². The zero-order valence-electron chi connectivity index (χ0n) is 16.4. The van der Waals surface area contributed by atoms with Crippen molar-refractivity contribution >= 4 is 11.6 Å². The van der Waals surface area contributed by atoms with Crippen LogP contribution >= 0.6 is 0 Å². The van der Waals surface area contributed by atoms with Gasteiger partial charge in [0.2, 0.25) is 0 Å². The van der Waals surface area contributed by atoms with E-state index in [1.54, 1.807) is 12.1 Å². The monoisotopic (exact) mass is 404 g/mol. The van der Waals surface area contributed by atoms with E-state index in [-0.39, 0.29) is 24.4 Å². The van der Waals surface area contributed by atoms with Gasteiger partial charge in [0.05, 0.1) is 30.5 Å². The van der Waals surface area contributed by atoms with Crippen molar-refractivity contribution in [2.24, 2.45) is 0 Å². The molecule has 0 radical (unpaired) electrons. The summed E-state index contributed by atoms with van der Waals surface area (Å²) in [5.41, 5.74) is 0.446. The third kappa shape index (κ3) is 5.23. The van der Waals surface area contributed by atoms with Crippen molar-refractivity contribution in [3.63, 3.8) is 0 Å².